The molecule has 0 aliphatic heterocycles. The third-order valence-corrected chi connectivity index (χ3v) is 2.61. The summed E-state index contributed by atoms with van der Waals surface area (Å²) < 4.78 is 1.71. The Balaban J connectivity index is 2.45. The number of aromatic nitrogens is 2. The number of rotatable bonds is 3. The highest BCUT2D eigenvalue weighted by Gasteiger charge is 2.09. The Morgan fingerprint density at radius 3 is 2.81 bits per heavy atom. The van der Waals surface area contributed by atoms with Crippen molar-refractivity contribution < 1.29 is 5.11 Å². The van der Waals surface area contributed by atoms with Crippen LogP contribution in [-0.2, 0) is 6.42 Å². The van der Waals surface area contributed by atoms with Crippen molar-refractivity contribution in [2.24, 2.45) is 0 Å². The summed E-state index contributed by atoms with van der Waals surface area (Å²) in [5.41, 5.74) is 8.95. The quantitative estimate of drug-likeness (QED) is 0.814. The first-order valence-corrected chi connectivity index (χ1v) is 5.23. The van der Waals surface area contributed by atoms with Crippen LogP contribution in [-0.4, -0.2) is 21.5 Å². The van der Waals surface area contributed by atoms with Gasteiger partial charge in [0, 0.05) is 18.6 Å². The second-order valence-electron chi connectivity index (χ2n) is 3.73. The van der Waals surface area contributed by atoms with Crippen molar-refractivity contribution in [1.82, 2.24) is 9.78 Å². The predicted molar refractivity (Wildman–Crippen MR) is 63.5 cm³/mol. The van der Waals surface area contributed by atoms with E-state index in [0.29, 0.717) is 12.2 Å². The van der Waals surface area contributed by atoms with Gasteiger partial charge in [-0.3, -0.25) is 0 Å². The van der Waals surface area contributed by atoms with E-state index in [-0.39, 0.29) is 6.61 Å². The molecular formula is C12H15N3O. The number of aryl methyl sites for hydroxylation is 1. The lowest BCUT2D eigenvalue weighted by Gasteiger charge is -2.07. The fourth-order valence-electron chi connectivity index (χ4n) is 1.70. The first-order valence-electron chi connectivity index (χ1n) is 5.23. The molecule has 2 aromatic rings. The molecule has 2 rings (SSSR count). The molecule has 0 fully saturated rings. The van der Waals surface area contributed by atoms with Gasteiger partial charge in [-0.1, -0.05) is 18.2 Å². The highest BCUT2D eigenvalue weighted by molar-refractivity contribution is 5.49. The zero-order chi connectivity index (χ0) is 11.5. The summed E-state index contributed by atoms with van der Waals surface area (Å²) in [6.07, 6.45) is 2.25. The molecule has 0 unspecified atom stereocenters. The molecule has 0 amide bonds. The van der Waals surface area contributed by atoms with Crippen LogP contribution >= 0.6 is 0 Å². The largest absolute Gasteiger partial charge is 0.396 e. The maximum atomic E-state index is 8.89. The number of hydrogen-bond donors (Lipinski definition) is 2. The molecule has 0 atom stereocenters. The fourth-order valence-corrected chi connectivity index (χ4v) is 1.70. The number of benzene rings is 1. The van der Waals surface area contributed by atoms with Crippen LogP contribution in [0.15, 0.2) is 30.5 Å². The second-order valence-corrected chi connectivity index (χ2v) is 3.73. The number of nitrogens with zero attached hydrogens (tertiary/aromatic N) is 2. The number of nitrogen functional groups attached to an aromatic ring is 1. The van der Waals surface area contributed by atoms with Crippen LogP contribution in [0.4, 0.5) is 5.82 Å². The Bertz CT molecular complexity index is 491. The summed E-state index contributed by atoms with van der Waals surface area (Å²) in [6.45, 7) is 2.10. The molecule has 4 heteroatoms. The summed E-state index contributed by atoms with van der Waals surface area (Å²) in [6, 6.07) is 7.92. The van der Waals surface area contributed by atoms with E-state index in [4.69, 9.17) is 10.8 Å². The van der Waals surface area contributed by atoms with Crippen molar-refractivity contribution in [1.29, 1.82) is 0 Å². The first kappa shape index (κ1) is 10.7. The summed E-state index contributed by atoms with van der Waals surface area (Å²) in [5.74, 6) is 0.600. The zero-order valence-electron chi connectivity index (χ0n) is 9.22. The lowest BCUT2D eigenvalue weighted by atomic mass is 10.2. The van der Waals surface area contributed by atoms with Crippen molar-refractivity contribution >= 4 is 5.82 Å². The lowest BCUT2D eigenvalue weighted by molar-refractivity contribution is 0.300. The predicted octanol–water partition coefficient (Wildman–Crippen LogP) is 1.30. The minimum Gasteiger partial charge on any atom is -0.396 e. The van der Waals surface area contributed by atoms with Crippen molar-refractivity contribution in [3.05, 3.63) is 41.6 Å². The zero-order valence-corrected chi connectivity index (χ0v) is 9.22. The monoisotopic (exact) mass is 217 g/mol. The molecule has 16 heavy (non-hydrogen) atoms. The van der Waals surface area contributed by atoms with Crippen molar-refractivity contribution in [2.75, 3.05) is 12.3 Å². The van der Waals surface area contributed by atoms with E-state index in [9.17, 15) is 0 Å². The molecule has 1 heterocycles. The van der Waals surface area contributed by atoms with Crippen LogP contribution in [0.2, 0.25) is 0 Å². The highest BCUT2D eigenvalue weighted by atomic mass is 16.2. The van der Waals surface area contributed by atoms with Crippen LogP contribution in [0.3, 0.4) is 0 Å². The number of nitrogens with two attached hydrogens (primary N) is 1. The molecule has 0 saturated carbocycles. The molecule has 3 N–H and O–H groups in total. The van der Waals surface area contributed by atoms with Gasteiger partial charge in [0.25, 0.3) is 0 Å². The van der Waals surface area contributed by atoms with Crippen molar-refractivity contribution in [2.45, 2.75) is 13.3 Å². The van der Waals surface area contributed by atoms with Crippen LogP contribution in [0.1, 0.15) is 11.1 Å². The van der Waals surface area contributed by atoms with E-state index in [1.54, 1.807) is 10.9 Å². The van der Waals surface area contributed by atoms with E-state index in [1.165, 1.54) is 0 Å². The molecule has 1 aromatic carbocycles. The third kappa shape index (κ3) is 1.79. The molecule has 0 spiro atoms. The standard InChI is InChI=1S/C12H15N3O/c1-9-4-2-3-5-11(9)15-12(13)10(6-7-16)8-14-15/h2-5,8,16H,6-7,13H2,1H3. The Morgan fingerprint density at radius 1 is 1.38 bits per heavy atom. The van der Waals surface area contributed by atoms with Gasteiger partial charge in [-0.05, 0) is 18.6 Å². The van der Waals surface area contributed by atoms with E-state index in [1.807, 2.05) is 31.2 Å². The number of aliphatic hydroxyl groups excluding tert-OH is 1. The van der Waals surface area contributed by atoms with Gasteiger partial charge in [0.15, 0.2) is 0 Å². The van der Waals surface area contributed by atoms with Gasteiger partial charge in [0.05, 0.1) is 11.9 Å². The van der Waals surface area contributed by atoms with Gasteiger partial charge < -0.3 is 10.8 Å². The molecular weight excluding hydrogens is 202 g/mol. The van der Waals surface area contributed by atoms with Crippen molar-refractivity contribution in [3.8, 4) is 5.69 Å². The normalized spacial score (nSPS) is 10.6. The molecule has 0 aliphatic carbocycles. The Hall–Kier alpha value is -1.81. The SMILES string of the molecule is Cc1ccccc1-n1ncc(CCO)c1N. The van der Waals surface area contributed by atoms with Gasteiger partial charge in [-0.15, -0.1) is 0 Å². The highest BCUT2D eigenvalue weighted by Crippen LogP contribution is 2.19. The smallest absolute Gasteiger partial charge is 0.130 e. The van der Waals surface area contributed by atoms with Crippen LogP contribution in [0.5, 0.6) is 0 Å². The minimum absolute atomic E-state index is 0.0870. The number of para-hydroxylation sites is 1. The van der Waals surface area contributed by atoms with Gasteiger partial charge >= 0.3 is 0 Å². The number of aliphatic hydroxyl groups is 1. The van der Waals surface area contributed by atoms with Crippen LogP contribution in [0.25, 0.3) is 5.69 Å². The Morgan fingerprint density at radius 2 is 2.12 bits per heavy atom. The average Bonchev–Trinajstić information content (AvgIpc) is 2.62. The lowest BCUT2D eigenvalue weighted by Crippen LogP contribution is -2.05. The average molecular weight is 217 g/mol. The third-order valence-electron chi connectivity index (χ3n) is 2.61. The molecule has 84 valence electrons. The van der Waals surface area contributed by atoms with Gasteiger partial charge in [0.1, 0.15) is 5.82 Å². The maximum absolute atomic E-state index is 8.89. The molecule has 0 saturated heterocycles. The summed E-state index contributed by atoms with van der Waals surface area (Å²) >= 11 is 0. The Labute approximate surface area is 94.3 Å². The fraction of sp³-hybridized carbons (Fsp3) is 0.250. The van der Waals surface area contributed by atoms with E-state index >= 15 is 0 Å². The van der Waals surface area contributed by atoms with E-state index in [0.717, 1.165) is 16.8 Å². The Kier molecular flexibility index (Phi) is 2.92. The van der Waals surface area contributed by atoms with Crippen LogP contribution < -0.4 is 5.73 Å². The topological polar surface area (TPSA) is 64.1 Å². The number of hydrogen-bond acceptors (Lipinski definition) is 3. The molecule has 0 radical (unpaired) electrons. The maximum Gasteiger partial charge on any atom is 0.130 e. The summed E-state index contributed by atoms with van der Waals surface area (Å²) in [5, 5.41) is 13.1. The molecule has 0 bridgehead atoms. The second kappa shape index (κ2) is 4.37. The summed E-state index contributed by atoms with van der Waals surface area (Å²) in [7, 11) is 0. The minimum atomic E-state index is 0.0870. The van der Waals surface area contributed by atoms with Crippen LogP contribution in [0, 0.1) is 6.92 Å². The van der Waals surface area contributed by atoms with E-state index in [2.05, 4.69) is 5.10 Å². The van der Waals surface area contributed by atoms with E-state index < -0.39 is 0 Å². The van der Waals surface area contributed by atoms with Gasteiger partial charge in [0.2, 0.25) is 0 Å². The molecule has 1 aromatic heterocycles. The van der Waals surface area contributed by atoms with Gasteiger partial charge in [-0.2, -0.15) is 5.10 Å². The summed E-state index contributed by atoms with van der Waals surface area (Å²) in [4.78, 5) is 0. The van der Waals surface area contributed by atoms with Crippen molar-refractivity contribution in [3.63, 3.8) is 0 Å². The number of anilines is 1. The first-order chi connectivity index (χ1) is 7.74. The molecule has 4 nitrogen and oxygen atoms in total. The van der Waals surface area contributed by atoms with Gasteiger partial charge in [-0.25, -0.2) is 4.68 Å². The molecule has 0 aliphatic rings.